The van der Waals surface area contributed by atoms with Gasteiger partial charge in [0.1, 0.15) is 36.2 Å². The van der Waals surface area contributed by atoms with Crippen LogP contribution < -0.4 is 11.5 Å². The van der Waals surface area contributed by atoms with E-state index < -0.39 is 57.1 Å². The first-order chi connectivity index (χ1) is 17.2. The number of carboxylic acids is 1. The predicted molar refractivity (Wildman–Crippen MR) is 121 cm³/mol. The molecular weight excluding hydrogens is 523 g/mol. The van der Waals surface area contributed by atoms with E-state index in [9.17, 15) is 19.6 Å². The third kappa shape index (κ3) is 8.42. The van der Waals surface area contributed by atoms with Gasteiger partial charge in [-0.05, 0) is 13.0 Å². The van der Waals surface area contributed by atoms with Crippen molar-refractivity contribution in [1.82, 2.24) is 19.5 Å². The van der Waals surface area contributed by atoms with Crippen LogP contribution >= 0.6 is 7.82 Å². The molecule has 1 aliphatic rings. The Morgan fingerprint density at radius 2 is 1.95 bits per heavy atom. The molecule has 3 aromatic heterocycles. The van der Waals surface area contributed by atoms with E-state index >= 15 is 0 Å². The Hall–Kier alpha value is -3.19. The fourth-order valence-corrected chi connectivity index (χ4v) is 3.14. The second kappa shape index (κ2) is 12.9. The molecule has 1 aliphatic heterocycles. The van der Waals surface area contributed by atoms with Crippen molar-refractivity contribution in [3.05, 3.63) is 31.1 Å². The maximum Gasteiger partial charge on any atom is 0.469 e. The average molecular weight is 550 g/mol. The number of imidazole rings is 1. The third-order valence-corrected chi connectivity index (χ3v) is 5.20. The lowest BCUT2D eigenvalue weighted by atomic mass is 10.1. The first kappa shape index (κ1) is 30.0. The summed E-state index contributed by atoms with van der Waals surface area (Å²) in [7, 11) is -4.72. The van der Waals surface area contributed by atoms with E-state index in [1.54, 1.807) is 6.07 Å². The van der Waals surface area contributed by atoms with Crippen molar-refractivity contribution >= 4 is 30.8 Å². The zero-order valence-electron chi connectivity index (χ0n) is 19.1. The van der Waals surface area contributed by atoms with Crippen molar-refractivity contribution in [3.8, 4) is 5.95 Å². The molecule has 37 heavy (non-hydrogen) atoms. The van der Waals surface area contributed by atoms with Gasteiger partial charge < -0.3 is 55.9 Å². The number of aromatic hydroxyl groups is 1. The molecule has 0 radical (unpaired) electrons. The number of phosphoric ester groups is 1. The molecule has 4 rings (SSSR count). The number of ether oxygens (including phenoxy) is 1. The Kier molecular flexibility index (Phi) is 10.4. The summed E-state index contributed by atoms with van der Waals surface area (Å²) >= 11 is 0. The van der Waals surface area contributed by atoms with Crippen molar-refractivity contribution in [2.75, 3.05) is 12.3 Å². The maximum atomic E-state index is 10.7. The minimum absolute atomic E-state index is 0.0324. The molecule has 1 saturated heterocycles. The molecule has 4 heterocycles. The van der Waals surface area contributed by atoms with E-state index in [-0.39, 0.29) is 17.4 Å². The van der Waals surface area contributed by atoms with Crippen molar-refractivity contribution < 1.29 is 58.4 Å². The van der Waals surface area contributed by atoms with E-state index in [2.05, 4.69) is 23.9 Å². The van der Waals surface area contributed by atoms with Crippen LogP contribution in [0.4, 0.5) is 5.82 Å². The number of phosphoric acid groups is 1. The van der Waals surface area contributed by atoms with E-state index in [0.717, 1.165) is 0 Å². The van der Waals surface area contributed by atoms with Crippen molar-refractivity contribution in [1.29, 1.82) is 0 Å². The number of aliphatic carboxylic acids is 1. The molecule has 0 aromatic carbocycles. The van der Waals surface area contributed by atoms with Gasteiger partial charge in [0.05, 0.1) is 25.3 Å². The average Bonchev–Trinajstić information content (AvgIpc) is 3.53. The van der Waals surface area contributed by atoms with Crippen LogP contribution in [-0.4, -0.2) is 97.9 Å². The lowest BCUT2D eigenvalue weighted by Gasteiger charge is -2.16. The Morgan fingerprint density at radius 1 is 1.27 bits per heavy atom. The first-order valence-electron chi connectivity index (χ1n) is 10.3. The molecule has 206 valence electrons. The van der Waals surface area contributed by atoms with Gasteiger partial charge in [0.2, 0.25) is 0 Å². The van der Waals surface area contributed by atoms with E-state index in [0.29, 0.717) is 5.52 Å². The minimum atomic E-state index is -4.72. The van der Waals surface area contributed by atoms with Crippen molar-refractivity contribution in [2.45, 2.75) is 43.6 Å². The predicted octanol–water partition coefficient (Wildman–Crippen LogP) is -2.10. The minimum Gasteiger partial charge on any atom is -0.481 e. The van der Waals surface area contributed by atoms with Gasteiger partial charge in [-0.25, -0.2) is 19.5 Å². The highest BCUT2D eigenvalue weighted by atomic mass is 31.2. The molecular formula is C18H27N6O12P. The Bertz CT molecular complexity index is 1190. The third-order valence-electron chi connectivity index (χ3n) is 4.72. The molecule has 3 aromatic rings. The van der Waals surface area contributed by atoms with Crippen LogP contribution in [0.15, 0.2) is 35.5 Å². The summed E-state index contributed by atoms with van der Waals surface area (Å²) in [5.41, 5.74) is 11.2. The van der Waals surface area contributed by atoms with Gasteiger partial charge in [-0.1, -0.05) is 0 Å². The summed E-state index contributed by atoms with van der Waals surface area (Å²) in [5.74, 6) is -1.07. The van der Waals surface area contributed by atoms with Gasteiger partial charge in [-0.3, -0.25) is 13.9 Å². The van der Waals surface area contributed by atoms with Gasteiger partial charge in [-0.15, -0.1) is 0 Å². The number of aromatic nitrogens is 4. The number of nitrogen functional groups attached to an aromatic ring is 1. The number of aliphatic hydroxyl groups is 3. The number of aliphatic hydroxyl groups excluding tert-OH is 3. The van der Waals surface area contributed by atoms with Gasteiger partial charge in [0.25, 0.3) is 5.95 Å². The van der Waals surface area contributed by atoms with Gasteiger partial charge in [0, 0.05) is 6.07 Å². The van der Waals surface area contributed by atoms with Crippen LogP contribution in [-0.2, 0) is 18.6 Å². The quantitative estimate of drug-likeness (QED) is 0.148. The highest BCUT2D eigenvalue weighted by Crippen LogP contribution is 2.38. The second-order valence-electron chi connectivity index (χ2n) is 7.47. The summed E-state index contributed by atoms with van der Waals surface area (Å²) in [4.78, 5) is 39.0. The molecule has 0 unspecified atom stereocenters. The van der Waals surface area contributed by atoms with Crippen LogP contribution in [0.5, 0.6) is 5.95 Å². The Morgan fingerprint density at radius 3 is 2.41 bits per heavy atom. The van der Waals surface area contributed by atoms with Crippen LogP contribution in [0, 0.1) is 0 Å². The molecule has 11 N–H and O–H groups in total. The number of carbonyl (C=O) groups is 1. The molecule has 0 aliphatic carbocycles. The number of rotatable bonds is 6. The molecule has 0 saturated carbocycles. The smallest absolute Gasteiger partial charge is 0.469 e. The first-order valence-corrected chi connectivity index (χ1v) is 11.8. The number of nitrogens with two attached hydrogens (primary N) is 2. The maximum absolute atomic E-state index is 10.7. The number of nitrogens with zero attached hydrogens (tertiary/aromatic N) is 4. The van der Waals surface area contributed by atoms with E-state index in [4.69, 9.17) is 41.3 Å². The molecule has 0 amide bonds. The van der Waals surface area contributed by atoms with Crippen LogP contribution in [0.2, 0.25) is 0 Å². The largest absolute Gasteiger partial charge is 0.481 e. The lowest BCUT2D eigenvalue weighted by Crippen LogP contribution is -2.39. The highest BCUT2D eigenvalue weighted by molar-refractivity contribution is 7.46. The van der Waals surface area contributed by atoms with Crippen molar-refractivity contribution in [3.63, 3.8) is 0 Å². The molecule has 0 bridgehead atoms. The summed E-state index contributed by atoms with van der Waals surface area (Å²) in [6, 6.07) is 1.94. The fraction of sp³-hybridized carbons (Fsp3) is 0.444. The van der Waals surface area contributed by atoms with Gasteiger partial charge in [0.15, 0.2) is 17.7 Å². The number of hydrogen-bond donors (Lipinski definition) is 9. The number of anilines is 1. The monoisotopic (exact) mass is 550 g/mol. The summed E-state index contributed by atoms with van der Waals surface area (Å²) in [6.07, 6.45) is -2.06. The molecule has 6 atom stereocenters. The van der Waals surface area contributed by atoms with Gasteiger partial charge >= 0.3 is 13.8 Å². The standard InChI is InChI=1S/C10H14N5O7P.C4H9NO3.C4H4O2/c11-8-5-9(13-2-12-8)15(3-14-5)10-7(17)6(16)4(22-10)1-21-23(18,19)20;1-2(6)3(5)4(7)8;5-4-2-1-3-6-4/h2-4,6-7,10,16-17H,1H2,(H2,11,12,13)(H2,18,19,20);2-3,6H,5H2,1H3,(H,7,8);1-3,5H/t4-,6-,7-,10-;2-,3+;/m11./s1. The van der Waals surface area contributed by atoms with Crippen LogP contribution in [0.3, 0.4) is 0 Å². The number of hydrogen-bond acceptors (Lipinski definition) is 14. The normalized spacial score (nSPS) is 22.9. The SMILES string of the molecule is C[C@@H](O)[C@H](N)C(=O)O.Nc1ncnc2c1ncn2[C@@H]1O[C@H](COP(=O)(O)O)[C@@H](O)[C@H]1O.Oc1ccco1. The number of fused-ring (bicyclic) bond motifs is 1. The van der Waals surface area contributed by atoms with Crippen molar-refractivity contribution in [2.24, 2.45) is 5.73 Å². The topological polar surface area (TPSA) is 303 Å². The van der Waals surface area contributed by atoms with E-state index in [1.165, 1.54) is 36.5 Å². The van der Waals surface area contributed by atoms with Gasteiger partial charge in [-0.2, -0.15) is 0 Å². The zero-order chi connectivity index (χ0) is 27.9. The molecule has 19 heteroatoms. The fourth-order valence-electron chi connectivity index (χ4n) is 2.80. The van der Waals surface area contributed by atoms with Crippen LogP contribution in [0.1, 0.15) is 13.2 Å². The Balaban J connectivity index is 0.000000281. The lowest BCUT2D eigenvalue weighted by molar-refractivity contribution is -0.140. The van der Waals surface area contributed by atoms with Crippen LogP contribution in [0.25, 0.3) is 11.2 Å². The summed E-state index contributed by atoms with van der Waals surface area (Å²) < 4.78 is 26.2. The molecule has 1 fully saturated rings. The highest BCUT2D eigenvalue weighted by Gasteiger charge is 2.45. The molecule has 18 nitrogen and oxygen atoms in total. The summed E-state index contributed by atoms with van der Waals surface area (Å²) in [6.45, 7) is 0.738. The Labute approximate surface area is 208 Å². The summed E-state index contributed by atoms with van der Waals surface area (Å²) in [5, 5.41) is 44.9. The zero-order valence-corrected chi connectivity index (χ0v) is 20.0. The number of furan rings is 1. The number of carboxylic acid groups (broad SMARTS) is 1. The second-order valence-corrected chi connectivity index (χ2v) is 8.71. The molecule has 0 spiro atoms. The van der Waals surface area contributed by atoms with E-state index in [1.807, 2.05) is 0 Å².